The quantitative estimate of drug-likeness (QED) is 0.715. The molecule has 2 unspecified atom stereocenters. The Morgan fingerprint density at radius 1 is 1.31 bits per heavy atom. The van der Waals surface area contributed by atoms with Crippen molar-refractivity contribution in [1.29, 1.82) is 0 Å². The first-order valence-corrected chi connectivity index (χ1v) is 6.80. The summed E-state index contributed by atoms with van der Waals surface area (Å²) >= 11 is 0. The van der Waals surface area contributed by atoms with Crippen molar-refractivity contribution in [3.8, 4) is 0 Å². The van der Waals surface area contributed by atoms with E-state index in [1.165, 1.54) is 32.4 Å². The van der Waals surface area contributed by atoms with Crippen LogP contribution in [0.15, 0.2) is 0 Å². The number of likely N-dealkylation sites (tertiary alicyclic amines) is 1. The van der Waals surface area contributed by atoms with Gasteiger partial charge in [-0.25, -0.2) is 0 Å². The zero-order valence-corrected chi connectivity index (χ0v) is 10.7. The maximum Gasteiger partial charge on any atom is 0.0584 e. The van der Waals surface area contributed by atoms with Gasteiger partial charge < -0.3 is 10.4 Å². The Labute approximate surface area is 99.2 Å². The highest BCUT2D eigenvalue weighted by atomic mass is 16.3. The van der Waals surface area contributed by atoms with Crippen LogP contribution in [0.25, 0.3) is 0 Å². The lowest BCUT2D eigenvalue weighted by molar-refractivity contribution is 0.211. The highest BCUT2D eigenvalue weighted by Crippen LogP contribution is 2.29. The first-order valence-electron chi connectivity index (χ1n) is 6.80. The third-order valence-corrected chi connectivity index (χ3v) is 3.73. The standard InChI is InChI=1S/C13H26N2O/c1-10(2)7-12(9-16)14-11-5-6-15(8-11)13-3-4-13/h10-14,16H,3-9H2,1-2H3. The van der Waals surface area contributed by atoms with Crippen LogP contribution in [0.3, 0.4) is 0 Å². The minimum absolute atomic E-state index is 0.276. The molecule has 2 rings (SSSR count). The molecule has 1 aliphatic heterocycles. The van der Waals surface area contributed by atoms with Crippen LogP contribution in [0.2, 0.25) is 0 Å². The zero-order valence-electron chi connectivity index (χ0n) is 10.7. The number of nitrogens with zero attached hydrogens (tertiary/aromatic N) is 1. The van der Waals surface area contributed by atoms with Gasteiger partial charge in [-0.3, -0.25) is 4.90 Å². The van der Waals surface area contributed by atoms with Gasteiger partial charge in [0.2, 0.25) is 0 Å². The summed E-state index contributed by atoms with van der Waals surface area (Å²) in [4.78, 5) is 2.61. The molecule has 1 aliphatic carbocycles. The average Bonchev–Trinajstić information content (AvgIpc) is 2.98. The van der Waals surface area contributed by atoms with Crippen molar-refractivity contribution < 1.29 is 5.11 Å². The molecule has 94 valence electrons. The predicted octanol–water partition coefficient (Wildman–Crippen LogP) is 1.22. The zero-order chi connectivity index (χ0) is 11.5. The largest absolute Gasteiger partial charge is 0.395 e. The fraction of sp³-hybridized carbons (Fsp3) is 1.00. The molecule has 0 aromatic rings. The molecule has 0 aromatic carbocycles. The van der Waals surface area contributed by atoms with Gasteiger partial charge in [0.15, 0.2) is 0 Å². The average molecular weight is 226 g/mol. The van der Waals surface area contributed by atoms with Crippen molar-refractivity contribution in [3.63, 3.8) is 0 Å². The summed E-state index contributed by atoms with van der Waals surface area (Å²) in [6.07, 6.45) is 5.14. The molecule has 2 fully saturated rings. The molecule has 2 aliphatic rings. The Balaban J connectivity index is 1.71. The van der Waals surface area contributed by atoms with Gasteiger partial charge in [0.1, 0.15) is 0 Å². The summed E-state index contributed by atoms with van der Waals surface area (Å²) in [6.45, 7) is 7.16. The fourth-order valence-corrected chi connectivity index (χ4v) is 2.79. The Bertz CT molecular complexity index is 216. The Morgan fingerprint density at radius 3 is 2.62 bits per heavy atom. The van der Waals surface area contributed by atoms with Gasteiger partial charge in [-0.1, -0.05) is 13.8 Å². The van der Waals surface area contributed by atoms with Crippen LogP contribution in [0.5, 0.6) is 0 Å². The topological polar surface area (TPSA) is 35.5 Å². The van der Waals surface area contributed by atoms with Gasteiger partial charge in [0, 0.05) is 31.2 Å². The number of hydrogen-bond acceptors (Lipinski definition) is 3. The molecule has 0 radical (unpaired) electrons. The highest BCUT2D eigenvalue weighted by molar-refractivity contribution is 4.92. The fourth-order valence-electron chi connectivity index (χ4n) is 2.79. The summed E-state index contributed by atoms with van der Waals surface area (Å²) in [6, 6.07) is 1.80. The summed E-state index contributed by atoms with van der Waals surface area (Å²) < 4.78 is 0. The Kier molecular flexibility index (Phi) is 4.22. The second kappa shape index (κ2) is 5.48. The van der Waals surface area contributed by atoms with E-state index in [-0.39, 0.29) is 6.61 Å². The van der Waals surface area contributed by atoms with Crippen LogP contribution in [0.1, 0.15) is 39.5 Å². The maximum atomic E-state index is 9.35. The third kappa shape index (κ3) is 3.44. The SMILES string of the molecule is CC(C)CC(CO)NC1CCN(C2CC2)C1. The van der Waals surface area contributed by atoms with Crippen molar-refractivity contribution in [3.05, 3.63) is 0 Å². The summed E-state index contributed by atoms with van der Waals surface area (Å²) in [5, 5.41) is 13.0. The van der Waals surface area contributed by atoms with Gasteiger partial charge in [-0.05, 0) is 31.6 Å². The Hall–Kier alpha value is -0.120. The number of hydrogen-bond donors (Lipinski definition) is 2. The molecular formula is C13H26N2O. The number of aliphatic hydroxyl groups is 1. The molecule has 2 N–H and O–H groups in total. The molecule has 3 nitrogen and oxygen atoms in total. The van der Waals surface area contributed by atoms with Crippen LogP contribution in [0, 0.1) is 5.92 Å². The van der Waals surface area contributed by atoms with E-state index in [9.17, 15) is 5.11 Å². The molecular weight excluding hydrogens is 200 g/mol. The number of nitrogens with one attached hydrogen (secondary N) is 1. The molecule has 0 spiro atoms. The van der Waals surface area contributed by atoms with Crippen molar-refractivity contribution >= 4 is 0 Å². The molecule has 1 heterocycles. The van der Waals surface area contributed by atoms with Crippen LogP contribution >= 0.6 is 0 Å². The molecule has 0 bridgehead atoms. The highest BCUT2D eigenvalue weighted by Gasteiger charge is 2.34. The van der Waals surface area contributed by atoms with Gasteiger partial charge in [0.05, 0.1) is 6.61 Å². The molecule has 2 atom stereocenters. The lowest BCUT2D eigenvalue weighted by atomic mass is 10.0. The van der Waals surface area contributed by atoms with Crippen molar-refractivity contribution in [2.24, 2.45) is 5.92 Å². The molecule has 1 saturated heterocycles. The van der Waals surface area contributed by atoms with Gasteiger partial charge >= 0.3 is 0 Å². The normalized spacial score (nSPS) is 28.9. The van der Waals surface area contributed by atoms with E-state index >= 15 is 0 Å². The first kappa shape index (κ1) is 12.3. The van der Waals surface area contributed by atoms with Crippen molar-refractivity contribution in [1.82, 2.24) is 10.2 Å². The van der Waals surface area contributed by atoms with Crippen LogP contribution in [0.4, 0.5) is 0 Å². The van der Waals surface area contributed by atoms with Crippen molar-refractivity contribution in [2.75, 3.05) is 19.7 Å². The monoisotopic (exact) mass is 226 g/mol. The number of rotatable bonds is 6. The van der Waals surface area contributed by atoms with E-state index in [0.717, 1.165) is 12.5 Å². The minimum atomic E-state index is 0.276. The lowest BCUT2D eigenvalue weighted by Gasteiger charge is -2.23. The van der Waals surface area contributed by atoms with E-state index < -0.39 is 0 Å². The van der Waals surface area contributed by atoms with E-state index in [2.05, 4.69) is 24.1 Å². The summed E-state index contributed by atoms with van der Waals surface area (Å²) in [7, 11) is 0. The second-order valence-corrected chi connectivity index (χ2v) is 5.89. The van der Waals surface area contributed by atoms with Gasteiger partial charge in [0.25, 0.3) is 0 Å². The lowest BCUT2D eigenvalue weighted by Crippen LogP contribution is -2.43. The van der Waals surface area contributed by atoms with E-state index in [1.54, 1.807) is 0 Å². The van der Waals surface area contributed by atoms with Crippen molar-refractivity contribution in [2.45, 2.75) is 57.7 Å². The Morgan fingerprint density at radius 2 is 2.06 bits per heavy atom. The van der Waals surface area contributed by atoms with Crippen LogP contribution in [-0.4, -0.2) is 47.8 Å². The van der Waals surface area contributed by atoms with E-state index in [0.29, 0.717) is 18.0 Å². The van der Waals surface area contributed by atoms with E-state index in [4.69, 9.17) is 0 Å². The van der Waals surface area contributed by atoms with Gasteiger partial charge in [-0.2, -0.15) is 0 Å². The minimum Gasteiger partial charge on any atom is -0.395 e. The summed E-state index contributed by atoms with van der Waals surface area (Å²) in [5.74, 6) is 0.658. The first-order chi connectivity index (χ1) is 7.69. The van der Waals surface area contributed by atoms with Gasteiger partial charge in [-0.15, -0.1) is 0 Å². The number of aliphatic hydroxyl groups excluding tert-OH is 1. The maximum absolute atomic E-state index is 9.35. The third-order valence-electron chi connectivity index (χ3n) is 3.73. The molecule has 16 heavy (non-hydrogen) atoms. The van der Waals surface area contributed by atoms with Crippen LogP contribution in [-0.2, 0) is 0 Å². The van der Waals surface area contributed by atoms with Crippen LogP contribution < -0.4 is 5.32 Å². The summed E-state index contributed by atoms with van der Waals surface area (Å²) in [5.41, 5.74) is 0. The molecule has 3 heteroatoms. The molecule has 0 aromatic heterocycles. The molecule has 1 saturated carbocycles. The predicted molar refractivity (Wildman–Crippen MR) is 66.5 cm³/mol. The van der Waals surface area contributed by atoms with E-state index in [1.807, 2.05) is 0 Å². The second-order valence-electron chi connectivity index (χ2n) is 5.89. The molecule has 0 amide bonds. The smallest absolute Gasteiger partial charge is 0.0584 e.